The summed E-state index contributed by atoms with van der Waals surface area (Å²) in [6.07, 6.45) is 1.53. The predicted molar refractivity (Wildman–Crippen MR) is 69.9 cm³/mol. The highest BCUT2D eigenvalue weighted by atomic mass is 32.2. The maximum absolute atomic E-state index is 12.1. The number of hydrogen-bond acceptors (Lipinski definition) is 6. The molecule has 0 aliphatic rings. The number of nitrogens with one attached hydrogen (secondary N) is 2. The molecule has 0 saturated heterocycles. The van der Waals surface area contributed by atoms with Crippen LogP contribution >= 0.6 is 11.3 Å². The molecule has 2 aromatic heterocycles. The molecule has 0 saturated carbocycles. The highest BCUT2D eigenvalue weighted by Crippen LogP contribution is 2.17. The van der Waals surface area contributed by atoms with Crippen LogP contribution in [-0.4, -0.2) is 25.4 Å². The molecule has 0 amide bonds. The first-order valence-electron chi connectivity index (χ1n) is 5.13. The van der Waals surface area contributed by atoms with Crippen LogP contribution in [0.5, 0.6) is 0 Å². The molecule has 96 valence electrons. The minimum atomic E-state index is -3.59. The summed E-state index contributed by atoms with van der Waals surface area (Å²) in [4.78, 5) is 8.11. The zero-order chi connectivity index (χ0) is 13.0. The van der Waals surface area contributed by atoms with E-state index >= 15 is 0 Å². The Balaban J connectivity index is 2.20. The SMILES string of the molecule is CNc1ncccc1S(=O)(=O)NCc1cscn1. The molecule has 2 heterocycles. The second kappa shape index (κ2) is 5.42. The summed E-state index contributed by atoms with van der Waals surface area (Å²) in [5.41, 5.74) is 2.35. The molecule has 0 fully saturated rings. The fraction of sp³-hybridized carbons (Fsp3) is 0.200. The van der Waals surface area contributed by atoms with E-state index in [1.54, 1.807) is 24.0 Å². The molecule has 0 aliphatic heterocycles. The van der Waals surface area contributed by atoms with Gasteiger partial charge in [0, 0.05) is 18.6 Å². The number of rotatable bonds is 5. The predicted octanol–water partition coefficient (Wildman–Crippen LogP) is 1.06. The maximum atomic E-state index is 12.1. The van der Waals surface area contributed by atoms with Crippen LogP contribution < -0.4 is 10.0 Å². The lowest BCUT2D eigenvalue weighted by molar-refractivity contribution is 0.580. The van der Waals surface area contributed by atoms with Crippen LogP contribution in [0.4, 0.5) is 5.82 Å². The van der Waals surface area contributed by atoms with E-state index in [1.165, 1.54) is 23.6 Å². The van der Waals surface area contributed by atoms with Crippen molar-refractivity contribution in [3.05, 3.63) is 34.9 Å². The van der Waals surface area contributed by atoms with Crippen LogP contribution in [0.2, 0.25) is 0 Å². The van der Waals surface area contributed by atoms with Gasteiger partial charge in [0.25, 0.3) is 0 Å². The maximum Gasteiger partial charge on any atom is 0.244 e. The van der Waals surface area contributed by atoms with Gasteiger partial charge in [-0.3, -0.25) is 0 Å². The van der Waals surface area contributed by atoms with Crippen molar-refractivity contribution in [3.63, 3.8) is 0 Å². The molecule has 8 heteroatoms. The molecule has 6 nitrogen and oxygen atoms in total. The van der Waals surface area contributed by atoms with Crippen molar-refractivity contribution >= 4 is 27.2 Å². The molecule has 0 aromatic carbocycles. The Bertz CT molecular complexity index is 611. The van der Waals surface area contributed by atoms with E-state index in [-0.39, 0.29) is 11.4 Å². The van der Waals surface area contributed by atoms with Crippen LogP contribution in [0.1, 0.15) is 5.69 Å². The minimum absolute atomic E-state index is 0.128. The van der Waals surface area contributed by atoms with Crippen molar-refractivity contribution in [2.24, 2.45) is 0 Å². The molecule has 0 radical (unpaired) electrons. The van der Waals surface area contributed by atoms with Gasteiger partial charge in [-0.1, -0.05) is 0 Å². The Morgan fingerprint density at radius 3 is 2.89 bits per heavy atom. The van der Waals surface area contributed by atoms with Crippen LogP contribution in [0, 0.1) is 0 Å². The summed E-state index contributed by atoms with van der Waals surface area (Å²) in [6.45, 7) is 0.171. The standard InChI is InChI=1S/C10H12N4O2S2/c1-11-10-9(3-2-4-12-10)18(15,16)14-5-8-6-17-7-13-8/h2-4,6-7,14H,5H2,1H3,(H,11,12). The minimum Gasteiger partial charge on any atom is -0.372 e. The molecule has 2 N–H and O–H groups in total. The zero-order valence-corrected chi connectivity index (χ0v) is 11.3. The Morgan fingerprint density at radius 1 is 1.39 bits per heavy atom. The number of hydrogen-bond donors (Lipinski definition) is 2. The van der Waals surface area contributed by atoms with Gasteiger partial charge in [0.15, 0.2) is 0 Å². The van der Waals surface area contributed by atoms with E-state index in [1.807, 2.05) is 0 Å². The smallest absolute Gasteiger partial charge is 0.244 e. The van der Waals surface area contributed by atoms with Crippen molar-refractivity contribution in [2.45, 2.75) is 11.4 Å². The lowest BCUT2D eigenvalue weighted by atomic mass is 10.5. The Morgan fingerprint density at radius 2 is 2.22 bits per heavy atom. The first-order valence-corrected chi connectivity index (χ1v) is 7.55. The molecule has 0 spiro atoms. The first-order chi connectivity index (χ1) is 8.63. The summed E-state index contributed by atoms with van der Waals surface area (Å²) < 4.78 is 26.7. The number of anilines is 1. The van der Waals surface area contributed by atoms with Crippen LogP contribution in [0.15, 0.2) is 34.1 Å². The quantitative estimate of drug-likeness (QED) is 0.857. The van der Waals surface area contributed by atoms with E-state index in [9.17, 15) is 8.42 Å². The summed E-state index contributed by atoms with van der Waals surface area (Å²) in [5.74, 6) is 0.322. The van der Waals surface area contributed by atoms with Crippen molar-refractivity contribution < 1.29 is 8.42 Å². The number of thiazole rings is 1. The zero-order valence-electron chi connectivity index (χ0n) is 9.62. The van der Waals surface area contributed by atoms with E-state index in [2.05, 4.69) is 20.0 Å². The van der Waals surface area contributed by atoms with Gasteiger partial charge in [0.05, 0.1) is 17.7 Å². The van der Waals surface area contributed by atoms with Gasteiger partial charge < -0.3 is 5.32 Å². The van der Waals surface area contributed by atoms with Gasteiger partial charge in [0.1, 0.15) is 10.7 Å². The van der Waals surface area contributed by atoms with Crippen LogP contribution in [0.25, 0.3) is 0 Å². The molecule has 0 bridgehead atoms. The third kappa shape index (κ3) is 2.84. The van der Waals surface area contributed by atoms with Crippen LogP contribution in [-0.2, 0) is 16.6 Å². The summed E-state index contributed by atoms with van der Waals surface area (Å²) in [7, 11) is -1.96. The normalized spacial score (nSPS) is 11.4. The molecular formula is C10H12N4O2S2. The Kier molecular flexibility index (Phi) is 3.90. The van der Waals surface area contributed by atoms with Crippen molar-refractivity contribution in [1.29, 1.82) is 0 Å². The fourth-order valence-corrected chi connectivity index (χ4v) is 3.09. The molecule has 18 heavy (non-hydrogen) atoms. The van der Waals surface area contributed by atoms with E-state index in [4.69, 9.17) is 0 Å². The molecule has 2 aromatic rings. The van der Waals surface area contributed by atoms with Gasteiger partial charge >= 0.3 is 0 Å². The topological polar surface area (TPSA) is 84.0 Å². The highest BCUT2D eigenvalue weighted by Gasteiger charge is 2.18. The van der Waals surface area contributed by atoms with Gasteiger partial charge in [-0.15, -0.1) is 11.3 Å². The van der Waals surface area contributed by atoms with Crippen molar-refractivity contribution in [3.8, 4) is 0 Å². The van der Waals surface area contributed by atoms with Crippen molar-refractivity contribution in [1.82, 2.24) is 14.7 Å². The molecule has 2 rings (SSSR count). The largest absolute Gasteiger partial charge is 0.372 e. The monoisotopic (exact) mass is 284 g/mol. The molecule has 0 atom stereocenters. The van der Waals surface area contributed by atoms with E-state index < -0.39 is 10.0 Å². The third-order valence-corrected chi connectivity index (χ3v) is 4.29. The third-order valence-electron chi connectivity index (χ3n) is 2.22. The number of nitrogens with zero attached hydrogens (tertiary/aromatic N) is 2. The second-order valence-corrected chi connectivity index (χ2v) is 5.86. The van der Waals surface area contributed by atoms with Crippen molar-refractivity contribution in [2.75, 3.05) is 12.4 Å². The number of pyridine rings is 1. The second-order valence-electron chi connectivity index (χ2n) is 3.40. The fourth-order valence-electron chi connectivity index (χ4n) is 1.37. The molecule has 0 aliphatic carbocycles. The van der Waals surface area contributed by atoms with E-state index in [0.29, 0.717) is 11.5 Å². The lowest BCUT2D eigenvalue weighted by Crippen LogP contribution is -2.24. The lowest BCUT2D eigenvalue weighted by Gasteiger charge is -2.09. The number of sulfonamides is 1. The summed E-state index contributed by atoms with van der Waals surface area (Å²) >= 11 is 1.42. The highest BCUT2D eigenvalue weighted by molar-refractivity contribution is 7.89. The average molecular weight is 284 g/mol. The Labute approximate surface area is 109 Å². The first kappa shape index (κ1) is 12.9. The van der Waals surface area contributed by atoms with Gasteiger partial charge in [0.2, 0.25) is 10.0 Å². The van der Waals surface area contributed by atoms with Gasteiger partial charge in [-0.2, -0.15) is 0 Å². The van der Waals surface area contributed by atoms with Gasteiger partial charge in [-0.25, -0.2) is 23.1 Å². The molecular weight excluding hydrogens is 272 g/mol. The molecule has 0 unspecified atom stereocenters. The average Bonchev–Trinajstić information content (AvgIpc) is 2.89. The summed E-state index contributed by atoms with van der Waals surface area (Å²) in [6, 6.07) is 3.08. The summed E-state index contributed by atoms with van der Waals surface area (Å²) in [5, 5.41) is 4.55. The van der Waals surface area contributed by atoms with E-state index in [0.717, 1.165) is 0 Å². The van der Waals surface area contributed by atoms with Crippen LogP contribution in [0.3, 0.4) is 0 Å². The Hall–Kier alpha value is -1.51. The number of aromatic nitrogens is 2. The van der Waals surface area contributed by atoms with Gasteiger partial charge in [-0.05, 0) is 12.1 Å².